The molecule has 0 bridgehead atoms. The average molecular weight is 592 g/mol. The molecule has 0 saturated heterocycles. The molecule has 5 nitrogen and oxygen atoms in total. The van der Waals surface area contributed by atoms with Crippen molar-refractivity contribution in [2.24, 2.45) is 0 Å². The number of aliphatic hydroxyl groups excluding tert-OH is 1. The molecule has 0 spiro atoms. The van der Waals surface area contributed by atoms with Gasteiger partial charge in [0, 0.05) is 45.3 Å². The molecule has 2 aliphatic heterocycles. The Bertz CT molecular complexity index is 1210. The average Bonchev–Trinajstić information content (AvgIpc) is 2.99. The molecule has 5 rings (SSSR count). The van der Waals surface area contributed by atoms with Gasteiger partial charge in [-0.25, -0.2) is 0 Å². The van der Waals surface area contributed by atoms with Gasteiger partial charge in [-0.1, -0.05) is 72.8 Å². The Morgan fingerprint density at radius 1 is 0.769 bits per heavy atom. The molecule has 0 saturated carbocycles. The minimum Gasteiger partial charge on any atom is -0.497 e. The smallest absolute Gasteiger partial charge is 0.137 e. The van der Waals surface area contributed by atoms with Crippen LogP contribution in [0.5, 0.6) is 11.5 Å². The van der Waals surface area contributed by atoms with Gasteiger partial charge < -0.3 is 14.6 Å². The molecule has 3 aromatic carbocycles. The molecule has 0 fully saturated rings. The van der Waals surface area contributed by atoms with Crippen molar-refractivity contribution < 1.29 is 14.6 Å². The molecule has 206 valence electrons. The van der Waals surface area contributed by atoms with Gasteiger partial charge in [-0.3, -0.25) is 9.80 Å². The van der Waals surface area contributed by atoms with E-state index in [1.54, 1.807) is 7.11 Å². The summed E-state index contributed by atoms with van der Waals surface area (Å²) in [6, 6.07) is 26.9. The van der Waals surface area contributed by atoms with E-state index in [0.29, 0.717) is 6.61 Å². The van der Waals surface area contributed by atoms with Gasteiger partial charge in [-0.15, -0.1) is 0 Å². The second-order valence-electron chi connectivity index (χ2n) is 9.91. The summed E-state index contributed by atoms with van der Waals surface area (Å²) in [5.74, 6) is 1.63. The van der Waals surface area contributed by atoms with E-state index in [1.807, 2.05) is 24.3 Å². The van der Waals surface area contributed by atoms with Crippen LogP contribution in [0, 0.1) is 0 Å². The van der Waals surface area contributed by atoms with Crippen LogP contribution in [0.25, 0.3) is 0 Å². The second kappa shape index (κ2) is 15.6. The lowest BCUT2D eigenvalue weighted by atomic mass is 10.1. The van der Waals surface area contributed by atoms with Crippen molar-refractivity contribution in [1.82, 2.24) is 9.80 Å². The van der Waals surface area contributed by atoms with Gasteiger partial charge in [-0.2, -0.15) is 0 Å². The summed E-state index contributed by atoms with van der Waals surface area (Å²) < 4.78 is 12.2. The van der Waals surface area contributed by atoms with E-state index in [2.05, 4.69) is 92.5 Å². The van der Waals surface area contributed by atoms with E-state index in [4.69, 9.17) is 14.6 Å². The number of benzene rings is 3. The summed E-state index contributed by atoms with van der Waals surface area (Å²) in [7, 11) is 1.66. The SMILES string of the molecule is COc1ccc(Br)c(OCC2=CCN(Cc3ccccc3)CC2)c1.OCC1=CCN(Cc2ccccc2)CC1. The number of hydrogen-bond acceptors (Lipinski definition) is 5. The van der Waals surface area contributed by atoms with Crippen LogP contribution in [0.2, 0.25) is 0 Å². The molecule has 0 atom stereocenters. The number of nitrogens with zero attached hydrogens (tertiary/aromatic N) is 2. The summed E-state index contributed by atoms with van der Waals surface area (Å²) in [5.41, 5.74) is 5.26. The first-order valence-electron chi connectivity index (χ1n) is 13.6. The molecule has 0 aliphatic carbocycles. The highest BCUT2D eigenvalue weighted by molar-refractivity contribution is 9.10. The molecule has 39 heavy (non-hydrogen) atoms. The van der Waals surface area contributed by atoms with Gasteiger partial charge in [0.1, 0.15) is 18.1 Å². The second-order valence-corrected chi connectivity index (χ2v) is 10.8. The summed E-state index contributed by atoms with van der Waals surface area (Å²) >= 11 is 3.52. The molecule has 0 unspecified atom stereocenters. The zero-order chi connectivity index (χ0) is 27.3. The van der Waals surface area contributed by atoms with Crippen LogP contribution in [0.1, 0.15) is 24.0 Å². The summed E-state index contributed by atoms with van der Waals surface area (Å²) in [4.78, 5) is 4.86. The fourth-order valence-electron chi connectivity index (χ4n) is 4.64. The highest BCUT2D eigenvalue weighted by Crippen LogP contribution is 2.30. The van der Waals surface area contributed by atoms with Gasteiger partial charge in [0.2, 0.25) is 0 Å². The number of methoxy groups -OCH3 is 1. The van der Waals surface area contributed by atoms with Gasteiger partial charge in [0.15, 0.2) is 0 Å². The topological polar surface area (TPSA) is 45.2 Å². The lowest BCUT2D eigenvalue weighted by Crippen LogP contribution is -2.29. The van der Waals surface area contributed by atoms with Crippen molar-refractivity contribution in [3.8, 4) is 11.5 Å². The minimum atomic E-state index is 0.221. The Hall–Kier alpha value is -2.90. The van der Waals surface area contributed by atoms with E-state index in [1.165, 1.54) is 22.3 Å². The van der Waals surface area contributed by atoms with Gasteiger partial charge in [0.25, 0.3) is 0 Å². The standard InChI is InChI=1S/C20H22BrNO2.C13H17NO/c1-23-18-7-8-19(21)20(13-18)24-15-17-9-11-22(12-10-17)14-16-5-3-2-4-6-16;15-11-13-6-8-14(9-7-13)10-12-4-2-1-3-5-12/h2-9,13H,10-12,14-15H2,1H3;1-6,15H,7-11H2. The largest absolute Gasteiger partial charge is 0.497 e. The molecular weight excluding hydrogens is 552 g/mol. The van der Waals surface area contributed by atoms with E-state index >= 15 is 0 Å². The first-order valence-corrected chi connectivity index (χ1v) is 14.4. The number of hydrogen-bond donors (Lipinski definition) is 1. The van der Waals surface area contributed by atoms with Crippen LogP contribution in [-0.4, -0.2) is 61.4 Å². The summed E-state index contributed by atoms with van der Waals surface area (Å²) in [6.45, 7) is 6.94. The van der Waals surface area contributed by atoms with Crippen LogP contribution >= 0.6 is 15.9 Å². The molecule has 1 N–H and O–H groups in total. The predicted octanol–water partition coefficient (Wildman–Crippen LogP) is 6.48. The zero-order valence-corrected chi connectivity index (χ0v) is 24.4. The summed E-state index contributed by atoms with van der Waals surface area (Å²) in [6.07, 6.45) is 6.49. The fraction of sp³-hybridized carbons (Fsp3) is 0.333. The maximum Gasteiger partial charge on any atom is 0.137 e. The highest BCUT2D eigenvalue weighted by Gasteiger charge is 2.13. The van der Waals surface area contributed by atoms with Gasteiger partial charge in [-0.05, 0) is 63.2 Å². The molecule has 3 aromatic rings. The molecule has 2 aliphatic rings. The van der Waals surface area contributed by atoms with Crippen LogP contribution in [-0.2, 0) is 13.1 Å². The number of halogens is 1. The Labute approximate surface area is 241 Å². The zero-order valence-electron chi connectivity index (χ0n) is 22.8. The van der Waals surface area contributed by atoms with Gasteiger partial charge >= 0.3 is 0 Å². The highest BCUT2D eigenvalue weighted by atomic mass is 79.9. The third kappa shape index (κ3) is 9.66. The Kier molecular flexibility index (Phi) is 11.7. The quantitative estimate of drug-likeness (QED) is 0.289. The number of aliphatic hydroxyl groups is 1. The van der Waals surface area contributed by atoms with Crippen LogP contribution < -0.4 is 9.47 Å². The first kappa shape index (κ1) is 29.1. The summed E-state index contributed by atoms with van der Waals surface area (Å²) in [5, 5.41) is 8.98. The maximum absolute atomic E-state index is 8.98. The minimum absolute atomic E-state index is 0.221. The lowest BCUT2D eigenvalue weighted by molar-refractivity contribution is 0.264. The normalized spacial score (nSPS) is 16.0. The maximum atomic E-state index is 8.98. The van der Waals surface area contributed by atoms with Crippen LogP contribution in [0.4, 0.5) is 0 Å². The molecule has 2 heterocycles. The molecule has 0 radical (unpaired) electrons. The first-order chi connectivity index (χ1) is 19.1. The number of rotatable bonds is 9. The van der Waals surface area contributed by atoms with Crippen molar-refractivity contribution in [1.29, 1.82) is 0 Å². The number of ether oxygens (including phenoxy) is 2. The van der Waals surface area contributed by atoms with E-state index in [0.717, 1.165) is 68.1 Å². The third-order valence-corrected chi connectivity index (χ3v) is 7.68. The molecule has 6 heteroatoms. The van der Waals surface area contributed by atoms with Crippen molar-refractivity contribution in [3.63, 3.8) is 0 Å². The lowest BCUT2D eigenvalue weighted by Gasteiger charge is -2.26. The van der Waals surface area contributed by atoms with Crippen molar-refractivity contribution in [2.45, 2.75) is 25.9 Å². The fourth-order valence-corrected chi connectivity index (χ4v) is 5.00. The van der Waals surface area contributed by atoms with E-state index < -0.39 is 0 Å². The van der Waals surface area contributed by atoms with Crippen molar-refractivity contribution in [3.05, 3.63) is 118 Å². The predicted molar refractivity (Wildman–Crippen MR) is 162 cm³/mol. The van der Waals surface area contributed by atoms with Crippen LogP contribution in [0.3, 0.4) is 0 Å². The van der Waals surface area contributed by atoms with Crippen LogP contribution in [0.15, 0.2) is 107 Å². The van der Waals surface area contributed by atoms with Crippen molar-refractivity contribution >= 4 is 15.9 Å². The Morgan fingerprint density at radius 3 is 1.82 bits per heavy atom. The molecule has 0 amide bonds. The molecule has 0 aromatic heterocycles. The monoisotopic (exact) mass is 590 g/mol. The van der Waals surface area contributed by atoms with E-state index in [-0.39, 0.29) is 6.61 Å². The van der Waals surface area contributed by atoms with E-state index in [9.17, 15) is 0 Å². The Balaban J connectivity index is 0.000000202. The third-order valence-electron chi connectivity index (χ3n) is 7.03. The molecular formula is C33H39BrN2O3. The van der Waals surface area contributed by atoms with Crippen molar-refractivity contribution in [2.75, 3.05) is 46.5 Å². The Morgan fingerprint density at radius 2 is 1.33 bits per heavy atom. The van der Waals surface area contributed by atoms with Gasteiger partial charge in [0.05, 0.1) is 18.2 Å².